The molecule has 0 spiro atoms. The van der Waals surface area contributed by atoms with Gasteiger partial charge < -0.3 is 10.1 Å². The van der Waals surface area contributed by atoms with Crippen molar-refractivity contribution >= 4 is 15.7 Å². The minimum Gasteiger partial charge on any atom is -0.497 e. The van der Waals surface area contributed by atoms with Crippen LogP contribution in [0.4, 0.5) is 5.69 Å². The molecule has 0 atom stereocenters. The number of hydrogen-bond acceptors (Lipinski definition) is 4. The zero-order valence-corrected chi connectivity index (χ0v) is 9.75. The summed E-state index contributed by atoms with van der Waals surface area (Å²) in [6, 6.07) is 5.19. The number of methoxy groups -OCH3 is 1. The summed E-state index contributed by atoms with van der Waals surface area (Å²) in [6.07, 6.45) is 2.13. The molecule has 3 N–H and O–H groups in total. The van der Waals surface area contributed by atoms with Crippen molar-refractivity contribution in [3.8, 4) is 5.75 Å². The normalized spacial score (nSPS) is 15.9. The van der Waals surface area contributed by atoms with Gasteiger partial charge in [0.1, 0.15) is 10.6 Å². The number of rotatable bonds is 4. The first kappa shape index (κ1) is 11.2. The van der Waals surface area contributed by atoms with Gasteiger partial charge in [-0.25, -0.2) is 13.6 Å². The summed E-state index contributed by atoms with van der Waals surface area (Å²) in [4.78, 5) is 0.0822. The van der Waals surface area contributed by atoms with E-state index in [2.05, 4.69) is 5.32 Å². The molecule has 0 bridgehead atoms. The molecule has 0 aliphatic heterocycles. The number of sulfonamides is 1. The molecule has 16 heavy (non-hydrogen) atoms. The summed E-state index contributed by atoms with van der Waals surface area (Å²) < 4.78 is 27.8. The SMILES string of the molecule is COc1ccc(NC2CC2)c(S(N)(=O)=O)c1. The van der Waals surface area contributed by atoms with Gasteiger partial charge in [0.2, 0.25) is 10.0 Å². The average molecular weight is 242 g/mol. The number of nitrogens with two attached hydrogens (primary N) is 1. The van der Waals surface area contributed by atoms with E-state index in [1.807, 2.05) is 0 Å². The van der Waals surface area contributed by atoms with Crippen molar-refractivity contribution in [2.75, 3.05) is 12.4 Å². The number of benzene rings is 1. The summed E-state index contributed by atoms with van der Waals surface area (Å²) in [7, 11) is -2.24. The third kappa shape index (κ3) is 2.45. The van der Waals surface area contributed by atoms with E-state index in [9.17, 15) is 8.42 Å². The molecular formula is C10H14N2O3S. The molecule has 0 saturated heterocycles. The van der Waals surface area contributed by atoms with Gasteiger partial charge in [0.25, 0.3) is 0 Å². The molecule has 0 radical (unpaired) electrons. The second-order valence-electron chi connectivity index (χ2n) is 3.83. The summed E-state index contributed by atoms with van der Waals surface area (Å²) in [6.45, 7) is 0. The minimum absolute atomic E-state index is 0.0822. The lowest BCUT2D eigenvalue weighted by Crippen LogP contribution is -2.15. The van der Waals surface area contributed by atoms with Crippen LogP contribution in [0.1, 0.15) is 12.8 Å². The van der Waals surface area contributed by atoms with Gasteiger partial charge in [-0.1, -0.05) is 0 Å². The minimum atomic E-state index is -3.73. The third-order valence-electron chi connectivity index (χ3n) is 2.43. The second-order valence-corrected chi connectivity index (χ2v) is 5.36. The van der Waals surface area contributed by atoms with Gasteiger partial charge >= 0.3 is 0 Å². The van der Waals surface area contributed by atoms with Crippen molar-refractivity contribution in [1.82, 2.24) is 0 Å². The Balaban J connectivity index is 2.42. The highest BCUT2D eigenvalue weighted by Gasteiger charge is 2.24. The number of nitrogens with one attached hydrogen (secondary N) is 1. The Morgan fingerprint density at radius 1 is 1.44 bits per heavy atom. The zero-order chi connectivity index (χ0) is 11.8. The van der Waals surface area contributed by atoms with Crippen molar-refractivity contribution < 1.29 is 13.2 Å². The smallest absolute Gasteiger partial charge is 0.240 e. The average Bonchev–Trinajstić information content (AvgIpc) is 3.01. The van der Waals surface area contributed by atoms with E-state index >= 15 is 0 Å². The molecule has 0 aromatic heterocycles. The largest absolute Gasteiger partial charge is 0.497 e. The molecule has 1 aliphatic rings. The predicted octanol–water partition coefficient (Wildman–Crippen LogP) is 0.917. The molecular weight excluding hydrogens is 228 g/mol. The Bertz CT molecular complexity index is 495. The van der Waals surface area contributed by atoms with Crippen molar-refractivity contribution in [3.63, 3.8) is 0 Å². The van der Waals surface area contributed by atoms with Crippen LogP contribution in [0.2, 0.25) is 0 Å². The topological polar surface area (TPSA) is 81.4 Å². The predicted molar refractivity (Wildman–Crippen MR) is 61.0 cm³/mol. The van der Waals surface area contributed by atoms with Crippen LogP contribution in [0.3, 0.4) is 0 Å². The fourth-order valence-electron chi connectivity index (χ4n) is 1.43. The van der Waals surface area contributed by atoms with Gasteiger partial charge in [0, 0.05) is 12.1 Å². The molecule has 1 aromatic carbocycles. The third-order valence-corrected chi connectivity index (χ3v) is 3.38. The van der Waals surface area contributed by atoms with Gasteiger partial charge in [-0.15, -0.1) is 0 Å². The van der Waals surface area contributed by atoms with Gasteiger partial charge in [0.05, 0.1) is 12.8 Å². The fourth-order valence-corrected chi connectivity index (χ4v) is 2.15. The molecule has 6 heteroatoms. The summed E-state index contributed by atoms with van der Waals surface area (Å²) in [5, 5.41) is 8.28. The molecule has 0 amide bonds. The molecule has 1 saturated carbocycles. The Morgan fingerprint density at radius 2 is 2.12 bits per heavy atom. The lowest BCUT2D eigenvalue weighted by molar-refractivity contribution is 0.413. The number of anilines is 1. The van der Waals surface area contributed by atoms with Gasteiger partial charge in [-0.3, -0.25) is 0 Å². The van der Waals surface area contributed by atoms with Crippen LogP contribution in [-0.4, -0.2) is 21.6 Å². The maximum atomic E-state index is 11.4. The highest BCUT2D eigenvalue weighted by Crippen LogP contribution is 2.30. The van der Waals surface area contributed by atoms with Crippen LogP contribution in [-0.2, 0) is 10.0 Å². The number of ether oxygens (including phenoxy) is 1. The summed E-state index contributed by atoms with van der Waals surface area (Å²) >= 11 is 0. The number of primary sulfonamides is 1. The quantitative estimate of drug-likeness (QED) is 0.822. The Kier molecular flexibility index (Phi) is 2.77. The first-order valence-corrected chi connectivity index (χ1v) is 6.53. The lowest BCUT2D eigenvalue weighted by Gasteiger charge is -2.11. The Labute approximate surface area is 94.6 Å². The maximum absolute atomic E-state index is 11.4. The van der Waals surface area contributed by atoms with E-state index in [4.69, 9.17) is 9.88 Å². The molecule has 88 valence electrons. The standard InChI is InChI=1S/C10H14N2O3S/c1-15-8-4-5-9(12-7-2-3-7)10(6-8)16(11,13)14/h4-7,12H,2-3H2,1H3,(H2,11,13,14). The number of hydrogen-bond donors (Lipinski definition) is 2. The molecule has 0 heterocycles. The molecule has 1 aromatic rings. The Hall–Kier alpha value is -1.27. The van der Waals surface area contributed by atoms with Crippen molar-refractivity contribution in [3.05, 3.63) is 18.2 Å². The van der Waals surface area contributed by atoms with Crippen LogP contribution in [0.25, 0.3) is 0 Å². The maximum Gasteiger partial charge on any atom is 0.240 e. The first-order chi connectivity index (χ1) is 7.50. The van der Waals surface area contributed by atoms with E-state index in [1.54, 1.807) is 12.1 Å². The van der Waals surface area contributed by atoms with E-state index in [1.165, 1.54) is 13.2 Å². The van der Waals surface area contributed by atoms with E-state index in [-0.39, 0.29) is 4.90 Å². The van der Waals surface area contributed by atoms with Gasteiger partial charge in [-0.05, 0) is 25.0 Å². The fraction of sp³-hybridized carbons (Fsp3) is 0.400. The highest BCUT2D eigenvalue weighted by molar-refractivity contribution is 7.89. The second kappa shape index (κ2) is 3.95. The molecule has 1 fully saturated rings. The monoisotopic (exact) mass is 242 g/mol. The van der Waals surface area contributed by atoms with Crippen LogP contribution in [0.15, 0.2) is 23.1 Å². The molecule has 0 unspecified atom stereocenters. The van der Waals surface area contributed by atoms with Crippen LogP contribution in [0, 0.1) is 0 Å². The van der Waals surface area contributed by atoms with E-state index < -0.39 is 10.0 Å². The highest BCUT2D eigenvalue weighted by atomic mass is 32.2. The summed E-state index contributed by atoms with van der Waals surface area (Å²) in [5.41, 5.74) is 0.547. The van der Waals surface area contributed by atoms with Crippen molar-refractivity contribution in [2.45, 2.75) is 23.8 Å². The van der Waals surface area contributed by atoms with Gasteiger partial charge in [0.15, 0.2) is 0 Å². The first-order valence-electron chi connectivity index (χ1n) is 4.98. The van der Waals surface area contributed by atoms with Crippen molar-refractivity contribution in [1.29, 1.82) is 0 Å². The zero-order valence-electron chi connectivity index (χ0n) is 8.93. The van der Waals surface area contributed by atoms with E-state index in [0.29, 0.717) is 17.5 Å². The Morgan fingerprint density at radius 3 is 2.62 bits per heavy atom. The van der Waals surface area contributed by atoms with Crippen molar-refractivity contribution in [2.24, 2.45) is 5.14 Å². The van der Waals surface area contributed by atoms with E-state index in [0.717, 1.165) is 12.8 Å². The molecule has 5 nitrogen and oxygen atoms in total. The van der Waals surface area contributed by atoms with Crippen LogP contribution >= 0.6 is 0 Å². The van der Waals surface area contributed by atoms with Gasteiger partial charge in [-0.2, -0.15) is 0 Å². The molecule has 2 rings (SSSR count). The lowest BCUT2D eigenvalue weighted by atomic mass is 10.3. The molecule has 1 aliphatic carbocycles. The summed E-state index contributed by atoms with van der Waals surface area (Å²) in [5.74, 6) is 0.477. The van der Waals surface area contributed by atoms with Crippen LogP contribution < -0.4 is 15.2 Å². The van der Waals surface area contributed by atoms with Crippen LogP contribution in [0.5, 0.6) is 5.75 Å².